The van der Waals surface area contributed by atoms with Crippen molar-refractivity contribution in [3.8, 4) is 0 Å². The number of para-hydroxylation sites is 1. The van der Waals surface area contributed by atoms with Crippen molar-refractivity contribution in [2.45, 2.75) is 32.4 Å². The highest BCUT2D eigenvalue weighted by Gasteiger charge is 2.55. The molecule has 1 N–H and O–H groups in total. The molecule has 130 valence electrons. The second-order valence-corrected chi connectivity index (χ2v) is 6.53. The van der Waals surface area contributed by atoms with Crippen molar-refractivity contribution in [3.05, 3.63) is 64.7 Å². The summed E-state index contributed by atoms with van der Waals surface area (Å²) in [5, 5.41) is 14.1. The molecule has 0 aliphatic heterocycles. The summed E-state index contributed by atoms with van der Waals surface area (Å²) >= 11 is 0. The van der Waals surface area contributed by atoms with Crippen molar-refractivity contribution >= 4 is 23.0 Å². The van der Waals surface area contributed by atoms with Gasteiger partial charge in [0.1, 0.15) is 5.92 Å². The zero-order valence-corrected chi connectivity index (χ0v) is 14.3. The maximum Gasteiger partial charge on any atom is 0.237 e. The minimum atomic E-state index is -0.729. The van der Waals surface area contributed by atoms with E-state index in [-0.39, 0.29) is 16.9 Å². The number of carbonyl (C=O) groups is 1. The fourth-order valence-electron chi connectivity index (χ4n) is 2.93. The summed E-state index contributed by atoms with van der Waals surface area (Å²) in [6.45, 7) is 3.83. The minimum Gasteiger partial charge on any atom is -0.356 e. The van der Waals surface area contributed by atoms with E-state index in [4.69, 9.17) is 0 Å². The third kappa shape index (κ3) is 3.79. The molecule has 25 heavy (non-hydrogen) atoms. The number of amides is 1. The number of rotatable bonds is 6. The fourth-order valence-corrected chi connectivity index (χ4v) is 2.93. The first-order valence-corrected chi connectivity index (χ1v) is 8.36. The van der Waals surface area contributed by atoms with Gasteiger partial charge >= 0.3 is 0 Å². The van der Waals surface area contributed by atoms with Gasteiger partial charge in [0.25, 0.3) is 0 Å². The van der Waals surface area contributed by atoms with Gasteiger partial charge in [-0.3, -0.25) is 14.9 Å². The summed E-state index contributed by atoms with van der Waals surface area (Å²) in [5.41, 5.74) is 2.66. The van der Waals surface area contributed by atoms with E-state index in [1.807, 2.05) is 68.4 Å². The highest BCUT2D eigenvalue weighted by molar-refractivity contribution is 5.97. The molecule has 2 unspecified atom stereocenters. The molecule has 6 nitrogen and oxygen atoms in total. The van der Waals surface area contributed by atoms with Crippen LogP contribution in [0.1, 0.15) is 20.3 Å². The van der Waals surface area contributed by atoms with Crippen molar-refractivity contribution < 1.29 is 9.72 Å². The van der Waals surface area contributed by atoms with Gasteiger partial charge in [-0.05, 0) is 50.2 Å². The van der Waals surface area contributed by atoms with Crippen molar-refractivity contribution in [1.82, 2.24) is 0 Å². The number of benzene rings is 2. The van der Waals surface area contributed by atoms with Crippen LogP contribution in [-0.4, -0.2) is 22.9 Å². The van der Waals surface area contributed by atoms with Crippen molar-refractivity contribution in [1.29, 1.82) is 0 Å². The van der Waals surface area contributed by atoms with E-state index in [0.717, 1.165) is 17.1 Å². The maximum absolute atomic E-state index is 12.6. The van der Waals surface area contributed by atoms with Gasteiger partial charge in [0.2, 0.25) is 11.9 Å². The first-order valence-electron chi connectivity index (χ1n) is 8.36. The number of nitrogens with zero attached hydrogens (tertiary/aromatic N) is 2. The first-order chi connectivity index (χ1) is 12.0. The smallest absolute Gasteiger partial charge is 0.237 e. The highest BCUT2D eigenvalue weighted by Crippen LogP contribution is 2.37. The van der Waals surface area contributed by atoms with Crippen LogP contribution >= 0.6 is 0 Å². The zero-order chi connectivity index (χ0) is 18.0. The molecule has 1 saturated carbocycles. The molecule has 1 fully saturated rings. The number of carbonyl (C=O) groups excluding carboxylic acids is 1. The zero-order valence-electron chi connectivity index (χ0n) is 14.3. The van der Waals surface area contributed by atoms with Crippen molar-refractivity contribution in [2.75, 3.05) is 10.2 Å². The second-order valence-electron chi connectivity index (χ2n) is 6.53. The van der Waals surface area contributed by atoms with Crippen LogP contribution in [0, 0.1) is 16.0 Å². The van der Waals surface area contributed by atoms with Crippen molar-refractivity contribution in [2.24, 2.45) is 5.92 Å². The Morgan fingerprint density at radius 3 is 2.24 bits per heavy atom. The SMILES string of the molecule is CC(C)N(C(=O)C1CC1[N+](=O)[O-])c1ccc(Nc2ccccc2)cc1. The molecule has 0 radical (unpaired) electrons. The largest absolute Gasteiger partial charge is 0.356 e. The predicted octanol–water partition coefficient (Wildman–Crippen LogP) is 3.84. The van der Waals surface area contributed by atoms with Gasteiger partial charge < -0.3 is 10.2 Å². The molecule has 2 atom stereocenters. The van der Waals surface area contributed by atoms with Crippen LogP contribution in [0.4, 0.5) is 17.1 Å². The molecule has 3 rings (SSSR count). The topological polar surface area (TPSA) is 75.5 Å². The summed E-state index contributed by atoms with van der Waals surface area (Å²) in [5.74, 6) is -0.667. The summed E-state index contributed by atoms with van der Waals surface area (Å²) in [6, 6.07) is 16.6. The van der Waals surface area contributed by atoms with Crippen LogP contribution in [-0.2, 0) is 4.79 Å². The second kappa shape index (κ2) is 6.93. The van der Waals surface area contributed by atoms with Crippen LogP contribution in [0.25, 0.3) is 0 Å². The number of nitrogens with one attached hydrogen (secondary N) is 1. The standard InChI is InChI=1S/C19H21N3O3/c1-13(2)21(19(23)17-12-18(17)22(24)25)16-10-8-15(9-11-16)20-14-6-4-3-5-7-14/h3-11,13,17-18,20H,12H2,1-2H3. The number of nitro groups is 1. The number of anilines is 3. The molecule has 0 saturated heterocycles. The number of hydrogen-bond acceptors (Lipinski definition) is 4. The Bertz CT molecular complexity index is 759. The van der Waals surface area contributed by atoms with Gasteiger partial charge in [-0.1, -0.05) is 18.2 Å². The van der Waals surface area contributed by atoms with Crippen LogP contribution in [0.15, 0.2) is 54.6 Å². The molecule has 2 aromatic rings. The van der Waals surface area contributed by atoms with Crippen LogP contribution in [0.5, 0.6) is 0 Å². The number of hydrogen-bond donors (Lipinski definition) is 1. The molecular weight excluding hydrogens is 318 g/mol. The average Bonchev–Trinajstić information content (AvgIpc) is 3.38. The summed E-state index contributed by atoms with van der Waals surface area (Å²) in [4.78, 5) is 24.8. The van der Waals surface area contributed by atoms with Gasteiger partial charge in [0.05, 0.1) is 0 Å². The molecule has 1 aliphatic carbocycles. The first kappa shape index (κ1) is 17.0. The molecule has 2 aromatic carbocycles. The quantitative estimate of drug-likeness (QED) is 0.641. The Labute approximate surface area is 146 Å². The Kier molecular flexibility index (Phi) is 4.70. The Balaban J connectivity index is 1.74. The Hall–Kier alpha value is -2.89. The lowest BCUT2D eigenvalue weighted by molar-refractivity contribution is -0.497. The van der Waals surface area contributed by atoms with Gasteiger partial charge in [0, 0.05) is 34.4 Å². The van der Waals surface area contributed by atoms with E-state index in [2.05, 4.69) is 5.32 Å². The predicted molar refractivity (Wildman–Crippen MR) is 97.7 cm³/mol. The van der Waals surface area contributed by atoms with E-state index in [1.165, 1.54) is 0 Å². The molecule has 6 heteroatoms. The average molecular weight is 339 g/mol. The molecule has 1 aliphatic rings. The van der Waals surface area contributed by atoms with E-state index < -0.39 is 12.0 Å². The molecule has 1 amide bonds. The van der Waals surface area contributed by atoms with Crippen LogP contribution in [0.2, 0.25) is 0 Å². The van der Waals surface area contributed by atoms with Gasteiger partial charge in [-0.15, -0.1) is 0 Å². The monoisotopic (exact) mass is 339 g/mol. The van der Waals surface area contributed by atoms with Crippen LogP contribution in [0.3, 0.4) is 0 Å². The summed E-state index contributed by atoms with van der Waals surface area (Å²) in [6.07, 6.45) is 0.336. The third-order valence-electron chi connectivity index (χ3n) is 4.31. The summed E-state index contributed by atoms with van der Waals surface area (Å²) in [7, 11) is 0. The van der Waals surface area contributed by atoms with Crippen LogP contribution < -0.4 is 10.2 Å². The minimum absolute atomic E-state index is 0.0616. The molecule has 0 bridgehead atoms. The maximum atomic E-state index is 12.6. The highest BCUT2D eigenvalue weighted by atomic mass is 16.6. The van der Waals surface area contributed by atoms with E-state index in [1.54, 1.807) is 4.90 Å². The van der Waals surface area contributed by atoms with Gasteiger partial charge in [-0.25, -0.2) is 0 Å². The van der Waals surface area contributed by atoms with E-state index >= 15 is 0 Å². The van der Waals surface area contributed by atoms with E-state index in [9.17, 15) is 14.9 Å². The van der Waals surface area contributed by atoms with Crippen molar-refractivity contribution in [3.63, 3.8) is 0 Å². The lowest BCUT2D eigenvalue weighted by Gasteiger charge is -2.27. The van der Waals surface area contributed by atoms with Gasteiger partial charge in [-0.2, -0.15) is 0 Å². The van der Waals surface area contributed by atoms with E-state index in [0.29, 0.717) is 6.42 Å². The fraction of sp³-hybridized carbons (Fsp3) is 0.316. The Morgan fingerprint density at radius 2 is 1.72 bits per heavy atom. The lowest BCUT2D eigenvalue weighted by Crippen LogP contribution is -2.39. The molecule has 0 aromatic heterocycles. The van der Waals surface area contributed by atoms with Gasteiger partial charge in [0.15, 0.2) is 0 Å². The lowest BCUT2D eigenvalue weighted by atomic mass is 10.2. The molecular formula is C19H21N3O3. The molecule has 0 spiro atoms. The molecule has 0 heterocycles. The third-order valence-corrected chi connectivity index (χ3v) is 4.31. The Morgan fingerprint density at radius 1 is 1.12 bits per heavy atom. The normalized spacial score (nSPS) is 18.7. The summed E-state index contributed by atoms with van der Waals surface area (Å²) < 4.78 is 0.